The molecule has 1 unspecified atom stereocenters. The van der Waals surface area contributed by atoms with Crippen molar-refractivity contribution >= 4 is 28.9 Å². The summed E-state index contributed by atoms with van der Waals surface area (Å²) in [6, 6.07) is 23.6. The lowest BCUT2D eigenvalue weighted by atomic mass is 10.1. The maximum Gasteiger partial charge on any atom is 0.189 e. The van der Waals surface area contributed by atoms with Crippen molar-refractivity contribution in [2.45, 2.75) is 11.8 Å². The molecule has 1 N–H and O–H groups in total. The van der Waals surface area contributed by atoms with Crippen molar-refractivity contribution in [2.75, 3.05) is 52.0 Å². The predicted molar refractivity (Wildman–Crippen MR) is 142 cm³/mol. The van der Waals surface area contributed by atoms with Gasteiger partial charge in [-0.2, -0.15) is 0 Å². The van der Waals surface area contributed by atoms with Gasteiger partial charge in [-0.3, -0.25) is 4.18 Å². The van der Waals surface area contributed by atoms with Crippen LogP contribution in [0.4, 0.5) is 5.69 Å². The van der Waals surface area contributed by atoms with Gasteiger partial charge in [0.05, 0.1) is 37.9 Å². The quantitative estimate of drug-likeness (QED) is 0.226. The summed E-state index contributed by atoms with van der Waals surface area (Å²) in [7, 11) is 1.91. The minimum absolute atomic E-state index is 0.261. The first-order valence-electron chi connectivity index (χ1n) is 11.6. The first kappa shape index (κ1) is 26.6. The maximum atomic E-state index is 12.0. The molecule has 0 amide bonds. The fourth-order valence-corrected chi connectivity index (χ4v) is 3.77. The van der Waals surface area contributed by atoms with E-state index in [0.29, 0.717) is 37.9 Å². The molecule has 1 atom stereocenters. The normalized spacial score (nSPS) is 12.1. The standard InChI is InChI=1S/C28H33NO5S/c1-23-3-15-28(16-4-23)35(30)34-22-20-32-18-17-31-19-21-33-27-13-9-25(10-14-27)6-5-24-7-11-26(29-2)12-8-24/h3-16,29H,17-22H2,1-2H3/b6-5+. The number of anilines is 1. The number of benzene rings is 3. The molecular formula is C28H33NO5S. The van der Waals surface area contributed by atoms with Crippen LogP contribution in [-0.2, 0) is 24.7 Å². The highest BCUT2D eigenvalue weighted by atomic mass is 32.2. The van der Waals surface area contributed by atoms with E-state index in [2.05, 4.69) is 41.7 Å². The molecule has 35 heavy (non-hydrogen) atoms. The molecule has 3 aromatic rings. The third kappa shape index (κ3) is 10.0. The van der Waals surface area contributed by atoms with E-state index in [1.54, 1.807) is 12.1 Å². The Hall–Kier alpha value is -2.97. The van der Waals surface area contributed by atoms with Crippen molar-refractivity contribution in [2.24, 2.45) is 0 Å². The molecule has 6 nitrogen and oxygen atoms in total. The van der Waals surface area contributed by atoms with Gasteiger partial charge in [0.1, 0.15) is 12.4 Å². The minimum atomic E-state index is -1.47. The van der Waals surface area contributed by atoms with Crippen LogP contribution in [0, 0.1) is 6.92 Å². The Morgan fingerprint density at radius 1 is 0.714 bits per heavy atom. The SMILES string of the molecule is CNc1ccc(/C=C/c2ccc(OCCOCCOCCOS(=O)c3ccc(C)cc3)cc2)cc1. The summed E-state index contributed by atoms with van der Waals surface area (Å²) in [6.07, 6.45) is 4.16. The van der Waals surface area contributed by atoms with Crippen molar-refractivity contribution < 1.29 is 22.6 Å². The number of rotatable bonds is 15. The summed E-state index contributed by atoms with van der Waals surface area (Å²) < 4.78 is 34.0. The lowest BCUT2D eigenvalue weighted by molar-refractivity contribution is 0.0285. The van der Waals surface area contributed by atoms with Gasteiger partial charge in [-0.25, -0.2) is 4.21 Å². The topological polar surface area (TPSA) is 66.0 Å². The highest BCUT2D eigenvalue weighted by Gasteiger charge is 2.04. The number of hydrogen-bond donors (Lipinski definition) is 1. The van der Waals surface area contributed by atoms with Gasteiger partial charge in [0.25, 0.3) is 0 Å². The number of ether oxygens (including phenoxy) is 3. The second kappa shape index (κ2) is 15.1. The van der Waals surface area contributed by atoms with Crippen LogP contribution in [0.1, 0.15) is 16.7 Å². The highest BCUT2D eigenvalue weighted by molar-refractivity contribution is 7.80. The molecule has 3 rings (SSSR count). The van der Waals surface area contributed by atoms with E-state index >= 15 is 0 Å². The van der Waals surface area contributed by atoms with E-state index < -0.39 is 11.1 Å². The van der Waals surface area contributed by atoms with E-state index in [4.69, 9.17) is 18.4 Å². The minimum Gasteiger partial charge on any atom is -0.491 e. The molecule has 0 radical (unpaired) electrons. The molecule has 0 aliphatic rings. The van der Waals surface area contributed by atoms with Crippen LogP contribution in [-0.4, -0.2) is 50.9 Å². The highest BCUT2D eigenvalue weighted by Crippen LogP contribution is 2.16. The van der Waals surface area contributed by atoms with E-state index in [0.717, 1.165) is 28.1 Å². The van der Waals surface area contributed by atoms with E-state index in [-0.39, 0.29) is 6.61 Å². The number of hydrogen-bond acceptors (Lipinski definition) is 6. The van der Waals surface area contributed by atoms with Gasteiger partial charge in [-0.05, 0) is 54.4 Å². The van der Waals surface area contributed by atoms with Crippen molar-refractivity contribution in [1.82, 2.24) is 0 Å². The van der Waals surface area contributed by atoms with Gasteiger partial charge >= 0.3 is 0 Å². The summed E-state index contributed by atoms with van der Waals surface area (Å²) in [5.41, 5.74) is 4.47. The zero-order valence-corrected chi connectivity index (χ0v) is 21.1. The zero-order chi connectivity index (χ0) is 24.7. The smallest absolute Gasteiger partial charge is 0.189 e. The number of nitrogens with one attached hydrogen (secondary N) is 1. The fraction of sp³-hybridized carbons (Fsp3) is 0.286. The van der Waals surface area contributed by atoms with Gasteiger partial charge in [0.2, 0.25) is 0 Å². The monoisotopic (exact) mass is 495 g/mol. The molecule has 3 aromatic carbocycles. The van der Waals surface area contributed by atoms with Crippen LogP contribution in [0.2, 0.25) is 0 Å². The average Bonchev–Trinajstić information content (AvgIpc) is 2.89. The van der Waals surface area contributed by atoms with Crippen LogP contribution in [0.3, 0.4) is 0 Å². The van der Waals surface area contributed by atoms with E-state index in [9.17, 15) is 4.21 Å². The third-order valence-electron chi connectivity index (χ3n) is 5.05. The van der Waals surface area contributed by atoms with Gasteiger partial charge in [-0.15, -0.1) is 0 Å². The Kier molecular flexibility index (Phi) is 11.5. The summed E-state index contributed by atoms with van der Waals surface area (Å²) in [4.78, 5) is 0.653. The van der Waals surface area contributed by atoms with Crippen LogP contribution >= 0.6 is 0 Å². The summed E-state index contributed by atoms with van der Waals surface area (Å²) in [6.45, 7) is 4.45. The molecule has 0 saturated carbocycles. The summed E-state index contributed by atoms with van der Waals surface area (Å²) in [5.74, 6) is 0.805. The molecule has 0 aliphatic carbocycles. The Balaban J connectivity index is 1.20. The van der Waals surface area contributed by atoms with Crippen molar-refractivity contribution in [3.8, 4) is 5.75 Å². The summed E-state index contributed by atoms with van der Waals surface area (Å²) in [5, 5.41) is 3.11. The lowest BCUT2D eigenvalue weighted by Crippen LogP contribution is -2.13. The molecule has 7 heteroatoms. The lowest BCUT2D eigenvalue weighted by Gasteiger charge is -2.08. The van der Waals surface area contributed by atoms with Crippen molar-refractivity contribution in [3.63, 3.8) is 0 Å². The molecule has 186 valence electrons. The van der Waals surface area contributed by atoms with Crippen LogP contribution < -0.4 is 10.1 Å². The Bertz CT molecular complexity index is 1050. The molecule has 0 saturated heterocycles. The predicted octanol–water partition coefficient (Wildman–Crippen LogP) is 5.36. The second-order valence-electron chi connectivity index (χ2n) is 7.72. The Morgan fingerprint density at radius 3 is 1.86 bits per heavy atom. The fourth-order valence-electron chi connectivity index (χ4n) is 3.05. The molecule has 0 spiro atoms. The molecule has 0 aliphatic heterocycles. The third-order valence-corrected chi connectivity index (χ3v) is 6.09. The molecular weight excluding hydrogens is 462 g/mol. The molecule has 0 bridgehead atoms. The second-order valence-corrected chi connectivity index (χ2v) is 8.89. The van der Waals surface area contributed by atoms with Gasteiger partial charge < -0.3 is 19.5 Å². The average molecular weight is 496 g/mol. The van der Waals surface area contributed by atoms with Gasteiger partial charge in [-0.1, -0.05) is 54.1 Å². The first-order valence-corrected chi connectivity index (χ1v) is 12.7. The summed E-state index contributed by atoms with van der Waals surface area (Å²) >= 11 is -1.47. The van der Waals surface area contributed by atoms with Crippen molar-refractivity contribution in [3.05, 3.63) is 89.5 Å². The van der Waals surface area contributed by atoms with Crippen LogP contribution in [0.5, 0.6) is 5.75 Å². The first-order chi connectivity index (χ1) is 17.1. The molecule has 0 aromatic heterocycles. The van der Waals surface area contributed by atoms with Crippen LogP contribution in [0.25, 0.3) is 12.2 Å². The molecule has 0 fully saturated rings. The van der Waals surface area contributed by atoms with E-state index in [1.165, 1.54) is 0 Å². The van der Waals surface area contributed by atoms with Gasteiger partial charge in [0, 0.05) is 12.7 Å². The van der Waals surface area contributed by atoms with Crippen LogP contribution in [0.15, 0.2) is 77.7 Å². The number of aryl methyl sites for hydroxylation is 1. The van der Waals surface area contributed by atoms with Gasteiger partial charge in [0.15, 0.2) is 11.1 Å². The largest absolute Gasteiger partial charge is 0.491 e. The Labute approximate surface area is 210 Å². The van der Waals surface area contributed by atoms with E-state index in [1.807, 2.05) is 50.4 Å². The maximum absolute atomic E-state index is 12.0. The zero-order valence-electron chi connectivity index (χ0n) is 20.3. The Morgan fingerprint density at radius 2 is 1.26 bits per heavy atom. The van der Waals surface area contributed by atoms with Crippen molar-refractivity contribution in [1.29, 1.82) is 0 Å². The molecule has 0 heterocycles.